The highest BCUT2D eigenvalue weighted by Crippen LogP contribution is 2.10. The predicted octanol–water partition coefficient (Wildman–Crippen LogP) is -0.313. The van der Waals surface area contributed by atoms with Crippen molar-refractivity contribution in [3.8, 4) is 0 Å². The van der Waals surface area contributed by atoms with Crippen molar-refractivity contribution in [2.75, 3.05) is 6.54 Å². The van der Waals surface area contributed by atoms with Gasteiger partial charge in [-0.1, -0.05) is 26.0 Å². The quantitative estimate of drug-likeness (QED) is 0.831. The van der Waals surface area contributed by atoms with E-state index in [9.17, 15) is 9.59 Å². The van der Waals surface area contributed by atoms with Gasteiger partial charge >= 0.3 is 0 Å². The fourth-order valence-corrected chi connectivity index (χ4v) is 1.64. The molecule has 20 heavy (non-hydrogen) atoms. The zero-order chi connectivity index (χ0) is 14.9. The van der Waals surface area contributed by atoms with E-state index < -0.39 is 0 Å². The van der Waals surface area contributed by atoms with Crippen molar-refractivity contribution < 1.29 is 4.79 Å². The standard InChI is InChI=1S/C12H18N6O2/c1-12(2,3)6-13-8(19)5-18-7-14-10-9(11(18)20)15-16-17(10)4/h7H,5-6H2,1-4H3,(H,13,19). The van der Waals surface area contributed by atoms with E-state index in [2.05, 4.69) is 20.6 Å². The summed E-state index contributed by atoms with van der Waals surface area (Å²) in [7, 11) is 1.65. The summed E-state index contributed by atoms with van der Waals surface area (Å²) in [4.78, 5) is 28.0. The monoisotopic (exact) mass is 278 g/mol. The molecule has 2 rings (SSSR count). The molecule has 0 aliphatic carbocycles. The zero-order valence-electron chi connectivity index (χ0n) is 12.0. The second-order valence-corrected chi connectivity index (χ2v) is 5.90. The number of carbonyl (C=O) groups is 1. The summed E-state index contributed by atoms with van der Waals surface area (Å²) in [5.41, 5.74) is 0.197. The number of nitrogens with one attached hydrogen (secondary N) is 1. The molecule has 2 heterocycles. The molecule has 2 aromatic rings. The smallest absolute Gasteiger partial charge is 0.283 e. The van der Waals surface area contributed by atoms with E-state index in [0.29, 0.717) is 12.2 Å². The lowest BCUT2D eigenvalue weighted by atomic mass is 9.97. The van der Waals surface area contributed by atoms with Crippen molar-refractivity contribution in [2.45, 2.75) is 27.3 Å². The van der Waals surface area contributed by atoms with Crippen LogP contribution in [0.5, 0.6) is 0 Å². The Bertz CT molecular complexity index is 694. The molecule has 1 N–H and O–H groups in total. The largest absolute Gasteiger partial charge is 0.354 e. The average Bonchev–Trinajstić information content (AvgIpc) is 2.72. The van der Waals surface area contributed by atoms with Crippen LogP contribution in [0.3, 0.4) is 0 Å². The first-order valence-corrected chi connectivity index (χ1v) is 6.29. The molecule has 108 valence electrons. The van der Waals surface area contributed by atoms with E-state index in [4.69, 9.17) is 0 Å². The van der Waals surface area contributed by atoms with Gasteiger partial charge in [-0.15, -0.1) is 5.10 Å². The van der Waals surface area contributed by atoms with E-state index in [1.807, 2.05) is 20.8 Å². The van der Waals surface area contributed by atoms with Gasteiger partial charge in [-0.25, -0.2) is 9.67 Å². The molecular weight excluding hydrogens is 260 g/mol. The molecule has 0 fully saturated rings. The number of carbonyl (C=O) groups excluding carboxylic acids is 1. The van der Waals surface area contributed by atoms with Crippen molar-refractivity contribution in [1.82, 2.24) is 29.9 Å². The first-order valence-electron chi connectivity index (χ1n) is 6.29. The van der Waals surface area contributed by atoms with Gasteiger partial charge in [-0.05, 0) is 5.41 Å². The molecule has 8 nitrogen and oxygen atoms in total. The highest BCUT2D eigenvalue weighted by atomic mass is 16.2. The molecule has 1 amide bonds. The van der Waals surface area contributed by atoms with Gasteiger partial charge in [0.05, 0.1) is 0 Å². The Labute approximate surface area is 115 Å². The molecule has 0 aromatic carbocycles. The lowest BCUT2D eigenvalue weighted by molar-refractivity contribution is -0.122. The summed E-state index contributed by atoms with van der Waals surface area (Å²) in [5, 5.41) is 10.3. The van der Waals surface area contributed by atoms with Crippen LogP contribution in [-0.2, 0) is 18.4 Å². The number of nitrogens with zero attached hydrogens (tertiary/aromatic N) is 5. The van der Waals surface area contributed by atoms with Crippen molar-refractivity contribution in [3.63, 3.8) is 0 Å². The molecule has 0 bridgehead atoms. The van der Waals surface area contributed by atoms with Crippen LogP contribution in [0.2, 0.25) is 0 Å². The van der Waals surface area contributed by atoms with Gasteiger partial charge in [0, 0.05) is 13.6 Å². The van der Waals surface area contributed by atoms with Crippen molar-refractivity contribution >= 4 is 17.1 Å². The number of rotatable bonds is 3. The first-order chi connectivity index (χ1) is 9.28. The molecule has 0 unspecified atom stereocenters. The molecule has 0 saturated carbocycles. The lowest BCUT2D eigenvalue weighted by Crippen LogP contribution is -2.36. The maximum Gasteiger partial charge on any atom is 0.283 e. The molecule has 8 heteroatoms. The number of aryl methyl sites for hydroxylation is 1. The minimum atomic E-state index is -0.367. The highest BCUT2D eigenvalue weighted by Gasteiger charge is 2.14. The Morgan fingerprint density at radius 1 is 1.40 bits per heavy atom. The highest BCUT2D eigenvalue weighted by molar-refractivity contribution is 5.76. The maximum atomic E-state index is 12.1. The minimum Gasteiger partial charge on any atom is -0.354 e. The van der Waals surface area contributed by atoms with E-state index in [1.165, 1.54) is 15.6 Å². The second kappa shape index (κ2) is 5.03. The van der Waals surface area contributed by atoms with Crippen LogP contribution in [0.15, 0.2) is 11.1 Å². The third-order valence-corrected chi connectivity index (χ3v) is 2.71. The molecular formula is C12H18N6O2. The number of hydrogen-bond acceptors (Lipinski definition) is 5. The fourth-order valence-electron chi connectivity index (χ4n) is 1.64. The summed E-state index contributed by atoms with van der Waals surface area (Å²) in [6.07, 6.45) is 1.34. The van der Waals surface area contributed by atoms with Crippen molar-refractivity contribution in [1.29, 1.82) is 0 Å². The normalized spacial score (nSPS) is 11.8. The summed E-state index contributed by atoms with van der Waals surface area (Å²) >= 11 is 0. The van der Waals surface area contributed by atoms with E-state index in [1.54, 1.807) is 7.05 Å². The average molecular weight is 278 g/mol. The third-order valence-electron chi connectivity index (χ3n) is 2.71. The van der Waals surface area contributed by atoms with Crippen LogP contribution in [0.25, 0.3) is 11.2 Å². The van der Waals surface area contributed by atoms with Crippen molar-refractivity contribution in [3.05, 3.63) is 16.7 Å². The number of aromatic nitrogens is 5. The van der Waals surface area contributed by atoms with Gasteiger partial charge in [0.1, 0.15) is 12.9 Å². The molecule has 0 saturated heterocycles. The van der Waals surface area contributed by atoms with Gasteiger partial charge in [-0.2, -0.15) is 0 Å². The van der Waals surface area contributed by atoms with Gasteiger partial charge in [0.15, 0.2) is 11.2 Å². The number of hydrogen-bond donors (Lipinski definition) is 1. The van der Waals surface area contributed by atoms with E-state index in [-0.39, 0.29) is 28.9 Å². The fraction of sp³-hybridized carbons (Fsp3) is 0.583. The van der Waals surface area contributed by atoms with E-state index >= 15 is 0 Å². The SMILES string of the molecule is Cn1nnc2c(=O)n(CC(=O)NCC(C)(C)C)cnc21. The first kappa shape index (κ1) is 14.2. The molecule has 0 atom stereocenters. The van der Waals surface area contributed by atoms with Crippen LogP contribution in [-0.4, -0.2) is 37.0 Å². The summed E-state index contributed by atoms with van der Waals surface area (Å²) < 4.78 is 2.65. The maximum absolute atomic E-state index is 12.1. The Balaban J connectivity index is 2.16. The van der Waals surface area contributed by atoms with Gasteiger partial charge in [-0.3, -0.25) is 14.2 Å². The number of fused-ring (bicyclic) bond motifs is 1. The van der Waals surface area contributed by atoms with Gasteiger partial charge < -0.3 is 5.32 Å². The molecule has 0 radical (unpaired) electrons. The summed E-state index contributed by atoms with van der Waals surface area (Å²) in [6.45, 7) is 6.53. The van der Waals surface area contributed by atoms with Crippen LogP contribution >= 0.6 is 0 Å². The molecule has 2 aromatic heterocycles. The lowest BCUT2D eigenvalue weighted by Gasteiger charge is -2.18. The minimum absolute atomic E-state index is 0.00622. The summed E-state index contributed by atoms with van der Waals surface area (Å²) in [5.74, 6) is -0.230. The molecule has 0 aliphatic heterocycles. The van der Waals surface area contributed by atoms with E-state index in [0.717, 1.165) is 0 Å². The Kier molecular flexibility index (Phi) is 3.56. The van der Waals surface area contributed by atoms with Crippen LogP contribution in [0.4, 0.5) is 0 Å². The van der Waals surface area contributed by atoms with Crippen LogP contribution < -0.4 is 10.9 Å². The van der Waals surface area contributed by atoms with Gasteiger partial charge in [0.2, 0.25) is 5.91 Å². The Morgan fingerprint density at radius 3 is 2.75 bits per heavy atom. The second-order valence-electron chi connectivity index (χ2n) is 5.90. The predicted molar refractivity (Wildman–Crippen MR) is 73.0 cm³/mol. The number of amides is 1. The van der Waals surface area contributed by atoms with Crippen LogP contribution in [0, 0.1) is 5.41 Å². The Hall–Kier alpha value is -2.25. The molecule has 0 spiro atoms. The van der Waals surface area contributed by atoms with Gasteiger partial charge in [0.25, 0.3) is 5.56 Å². The molecule has 0 aliphatic rings. The third kappa shape index (κ3) is 3.01. The summed E-state index contributed by atoms with van der Waals surface area (Å²) in [6, 6.07) is 0. The van der Waals surface area contributed by atoms with Crippen LogP contribution in [0.1, 0.15) is 20.8 Å². The topological polar surface area (TPSA) is 94.7 Å². The van der Waals surface area contributed by atoms with Crippen molar-refractivity contribution in [2.24, 2.45) is 12.5 Å². The Morgan fingerprint density at radius 2 is 2.10 bits per heavy atom. The zero-order valence-corrected chi connectivity index (χ0v) is 12.0.